The van der Waals surface area contributed by atoms with Gasteiger partial charge in [0.05, 0.1) is 5.69 Å². The van der Waals surface area contributed by atoms with Crippen LogP contribution < -0.4 is 10.6 Å². The minimum atomic E-state index is -0.360. The van der Waals surface area contributed by atoms with E-state index >= 15 is 0 Å². The maximum Gasteiger partial charge on any atom is 0.287 e. The van der Waals surface area contributed by atoms with Crippen molar-refractivity contribution in [3.63, 3.8) is 0 Å². The molecule has 2 heterocycles. The monoisotopic (exact) mass is 396 g/mol. The van der Waals surface area contributed by atoms with E-state index in [2.05, 4.69) is 22.5 Å². The maximum absolute atomic E-state index is 12.9. The molecule has 3 rings (SSSR count). The van der Waals surface area contributed by atoms with Crippen molar-refractivity contribution in [2.45, 2.75) is 58.9 Å². The van der Waals surface area contributed by atoms with Crippen LogP contribution in [0.3, 0.4) is 0 Å². The Hall–Kier alpha value is -2.96. The molecule has 29 heavy (non-hydrogen) atoms. The molecule has 7 nitrogen and oxygen atoms in total. The average molecular weight is 396 g/mol. The molecule has 0 saturated heterocycles. The van der Waals surface area contributed by atoms with Gasteiger partial charge in [-0.3, -0.25) is 14.4 Å². The molecule has 1 aromatic carbocycles. The molecule has 0 radical (unpaired) electrons. The Morgan fingerprint density at radius 1 is 1.14 bits per heavy atom. The highest BCUT2D eigenvalue weighted by atomic mass is 16.2. The molecule has 0 saturated carbocycles. The van der Waals surface area contributed by atoms with Gasteiger partial charge in [0, 0.05) is 24.3 Å². The Kier molecular flexibility index (Phi) is 6.80. The Bertz CT molecular complexity index is 917. The van der Waals surface area contributed by atoms with E-state index in [1.807, 2.05) is 4.57 Å². The lowest BCUT2D eigenvalue weighted by molar-refractivity contribution is 0.0936. The zero-order chi connectivity index (χ0) is 20.8. The van der Waals surface area contributed by atoms with Crippen LogP contribution in [0, 0.1) is 0 Å². The molecule has 1 aromatic heterocycles. The average Bonchev–Trinajstić information content (AvgIpc) is 3.11. The fraction of sp³-hybridized carbons (Fsp3) is 0.455. The molecule has 0 spiro atoms. The van der Waals surface area contributed by atoms with Crippen LogP contribution in [0.4, 0.5) is 5.69 Å². The Morgan fingerprint density at radius 3 is 2.72 bits per heavy atom. The van der Waals surface area contributed by atoms with Crippen molar-refractivity contribution in [2.24, 2.45) is 0 Å². The number of nitrogens with one attached hydrogen (secondary N) is 2. The molecule has 7 heteroatoms. The van der Waals surface area contributed by atoms with E-state index in [0.717, 1.165) is 37.8 Å². The fourth-order valence-corrected chi connectivity index (χ4v) is 3.56. The third-order valence-corrected chi connectivity index (χ3v) is 5.13. The number of amides is 2. The molecular formula is C22H28N4O3. The smallest absolute Gasteiger partial charge is 0.287 e. The van der Waals surface area contributed by atoms with Crippen molar-refractivity contribution >= 4 is 23.3 Å². The number of benzene rings is 1. The zero-order valence-corrected chi connectivity index (χ0v) is 17.1. The van der Waals surface area contributed by atoms with Gasteiger partial charge in [0.2, 0.25) is 0 Å². The number of carbonyl (C=O) groups is 3. The van der Waals surface area contributed by atoms with Gasteiger partial charge >= 0.3 is 0 Å². The second kappa shape index (κ2) is 9.49. The summed E-state index contributed by atoms with van der Waals surface area (Å²) in [5.41, 5.74) is 2.15. The second-order valence-electron chi connectivity index (χ2n) is 7.39. The summed E-state index contributed by atoms with van der Waals surface area (Å²) in [6.07, 6.45) is 5.71. The van der Waals surface area contributed by atoms with Gasteiger partial charge in [-0.05, 0) is 44.7 Å². The molecule has 0 fully saturated rings. The minimum absolute atomic E-state index is 0.0671. The number of hydrogen-bond acceptors (Lipinski definition) is 4. The number of fused-ring (bicyclic) bond motifs is 1. The lowest BCUT2D eigenvalue weighted by Crippen LogP contribution is -2.28. The van der Waals surface area contributed by atoms with Crippen LogP contribution in [0.1, 0.15) is 83.1 Å². The van der Waals surface area contributed by atoms with Gasteiger partial charge in [-0.25, -0.2) is 4.98 Å². The SMILES string of the molecule is CCCCCNC(=O)c1nc(C(=O)Nc2cccc(C(C)=O)c2)c2n1CCCC2. The summed E-state index contributed by atoms with van der Waals surface area (Å²) in [4.78, 5) is 41.5. The van der Waals surface area contributed by atoms with Crippen LogP contribution in [-0.4, -0.2) is 33.7 Å². The van der Waals surface area contributed by atoms with Gasteiger partial charge in [0.15, 0.2) is 17.3 Å². The predicted octanol–water partition coefficient (Wildman–Crippen LogP) is 3.59. The highest BCUT2D eigenvalue weighted by molar-refractivity contribution is 6.05. The highest BCUT2D eigenvalue weighted by Crippen LogP contribution is 2.22. The zero-order valence-electron chi connectivity index (χ0n) is 17.1. The standard InChI is InChI=1S/C22H28N4O3/c1-3-4-6-12-23-22(29)20-25-19(18-11-5-7-13-26(18)20)21(28)24-17-10-8-9-16(14-17)15(2)27/h8-10,14H,3-7,11-13H2,1-2H3,(H,23,29)(H,24,28). The van der Waals surface area contributed by atoms with Crippen LogP contribution in [0.25, 0.3) is 0 Å². The highest BCUT2D eigenvalue weighted by Gasteiger charge is 2.27. The first-order chi connectivity index (χ1) is 14.0. The molecule has 2 amide bonds. The van der Waals surface area contributed by atoms with Gasteiger partial charge in [-0.1, -0.05) is 31.9 Å². The van der Waals surface area contributed by atoms with Gasteiger partial charge in [-0.15, -0.1) is 0 Å². The summed E-state index contributed by atoms with van der Waals surface area (Å²) in [7, 11) is 0. The quantitative estimate of drug-likeness (QED) is 0.527. The van der Waals surface area contributed by atoms with Gasteiger partial charge in [0.1, 0.15) is 0 Å². The van der Waals surface area contributed by atoms with Crippen molar-refractivity contribution in [2.75, 3.05) is 11.9 Å². The topological polar surface area (TPSA) is 93.1 Å². The summed E-state index contributed by atoms with van der Waals surface area (Å²) in [6, 6.07) is 6.81. The number of hydrogen-bond donors (Lipinski definition) is 2. The van der Waals surface area contributed by atoms with Gasteiger partial charge < -0.3 is 15.2 Å². The molecule has 2 N–H and O–H groups in total. The molecule has 2 aromatic rings. The number of unbranched alkanes of at least 4 members (excludes halogenated alkanes) is 2. The second-order valence-corrected chi connectivity index (χ2v) is 7.39. The summed E-state index contributed by atoms with van der Waals surface area (Å²) >= 11 is 0. The normalized spacial score (nSPS) is 12.9. The van der Waals surface area contributed by atoms with Crippen molar-refractivity contribution in [1.29, 1.82) is 0 Å². The lowest BCUT2D eigenvalue weighted by atomic mass is 10.1. The fourth-order valence-electron chi connectivity index (χ4n) is 3.56. The van der Waals surface area contributed by atoms with Crippen molar-refractivity contribution in [1.82, 2.24) is 14.9 Å². The van der Waals surface area contributed by atoms with Crippen LogP contribution >= 0.6 is 0 Å². The van der Waals surface area contributed by atoms with E-state index < -0.39 is 0 Å². The number of carbonyl (C=O) groups excluding carboxylic acids is 3. The largest absolute Gasteiger partial charge is 0.349 e. The molecule has 0 aliphatic carbocycles. The van der Waals surface area contributed by atoms with E-state index in [-0.39, 0.29) is 23.3 Å². The third kappa shape index (κ3) is 4.91. The number of Topliss-reactive ketones (excluding diaryl/α,β-unsaturated/α-hetero) is 1. The molecule has 0 atom stereocenters. The molecule has 154 valence electrons. The maximum atomic E-state index is 12.9. The van der Waals surface area contributed by atoms with Crippen LogP contribution in [0.2, 0.25) is 0 Å². The minimum Gasteiger partial charge on any atom is -0.349 e. The first-order valence-corrected chi connectivity index (χ1v) is 10.3. The van der Waals surface area contributed by atoms with E-state index in [9.17, 15) is 14.4 Å². The van der Waals surface area contributed by atoms with Crippen molar-refractivity contribution < 1.29 is 14.4 Å². The molecule has 1 aliphatic heterocycles. The van der Waals surface area contributed by atoms with Crippen LogP contribution in [-0.2, 0) is 13.0 Å². The summed E-state index contributed by atoms with van der Waals surface area (Å²) in [5.74, 6) is -0.357. The van der Waals surface area contributed by atoms with Gasteiger partial charge in [0.25, 0.3) is 11.8 Å². The number of rotatable bonds is 8. The Labute approximate surface area is 170 Å². The van der Waals surface area contributed by atoms with Crippen LogP contribution in [0.5, 0.6) is 0 Å². The summed E-state index contributed by atoms with van der Waals surface area (Å²) in [5, 5.41) is 5.73. The molecule has 1 aliphatic rings. The number of ketones is 1. The van der Waals surface area contributed by atoms with E-state index in [1.165, 1.54) is 6.92 Å². The van der Waals surface area contributed by atoms with E-state index in [1.54, 1.807) is 24.3 Å². The summed E-state index contributed by atoms with van der Waals surface area (Å²) < 4.78 is 1.87. The van der Waals surface area contributed by atoms with Crippen molar-refractivity contribution in [3.05, 3.63) is 47.0 Å². The molecular weight excluding hydrogens is 368 g/mol. The third-order valence-electron chi connectivity index (χ3n) is 5.13. The Balaban J connectivity index is 1.81. The first kappa shape index (κ1) is 20.8. The van der Waals surface area contributed by atoms with E-state index in [4.69, 9.17) is 0 Å². The number of anilines is 1. The predicted molar refractivity (Wildman–Crippen MR) is 111 cm³/mol. The number of imidazole rings is 1. The van der Waals surface area contributed by atoms with Crippen molar-refractivity contribution in [3.8, 4) is 0 Å². The number of aromatic nitrogens is 2. The molecule has 0 bridgehead atoms. The first-order valence-electron chi connectivity index (χ1n) is 10.3. The van der Waals surface area contributed by atoms with Gasteiger partial charge in [-0.2, -0.15) is 0 Å². The summed E-state index contributed by atoms with van der Waals surface area (Å²) in [6.45, 7) is 4.89. The Morgan fingerprint density at radius 2 is 1.97 bits per heavy atom. The van der Waals surface area contributed by atoms with E-state index in [0.29, 0.717) is 36.6 Å². The van der Waals surface area contributed by atoms with Crippen LogP contribution in [0.15, 0.2) is 24.3 Å². The number of nitrogens with zero attached hydrogens (tertiary/aromatic N) is 2. The molecule has 0 unspecified atom stereocenters. The lowest BCUT2D eigenvalue weighted by Gasteiger charge is -2.17.